The van der Waals surface area contributed by atoms with E-state index in [1.54, 1.807) is 0 Å². The minimum Gasteiger partial charge on any atom is -0.479 e. The van der Waals surface area contributed by atoms with Gasteiger partial charge in [-0.2, -0.15) is 26.3 Å². The van der Waals surface area contributed by atoms with Crippen molar-refractivity contribution in [2.75, 3.05) is 0 Å². The number of aliphatic carboxylic acids is 1. The monoisotopic (exact) mass is 306 g/mol. The van der Waals surface area contributed by atoms with Gasteiger partial charge in [0.25, 0.3) is 0 Å². The van der Waals surface area contributed by atoms with Crippen molar-refractivity contribution in [3.05, 3.63) is 34.6 Å². The van der Waals surface area contributed by atoms with Gasteiger partial charge in [-0.1, -0.05) is 6.07 Å². The molecule has 0 amide bonds. The van der Waals surface area contributed by atoms with Gasteiger partial charge in [0.1, 0.15) is 11.4 Å². The smallest absolute Gasteiger partial charge is 0.419 e. The summed E-state index contributed by atoms with van der Waals surface area (Å²) in [5.74, 6) is -4.57. The number of carboxylic acids is 1. The molecule has 0 heterocycles. The zero-order valence-corrected chi connectivity index (χ0v) is 9.18. The summed E-state index contributed by atoms with van der Waals surface area (Å²) in [6.45, 7) is 0. The number of hydrogen-bond donors (Lipinski definition) is 2. The van der Waals surface area contributed by atoms with Crippen molar-refractivity contribution in [3.63, 3.8) is 0 Å². The van der Waals surface area contributed by atoms with Crippen LogP contribution in [-0.2, 0) is 17.1 Å². The molecule has 1 aromatic rings. The van der Waals surface area contributed by atoms with Gasteiger partial charge in [-0.3, -0.25) is 0 Å². The van der Waals surface area contributed by atoms with Gasteiger partial charge in [-0.05, 0) is 6.07 Å². The van der Waals surface area contributed by atoms with Crippen LogP contribution in [0.25, 0.3) is 0 Å². The highest BCUT2D eigenvalue weighted by Crippen LogP contribution is 2.43. The highest BCUT2D eigenvalue weighted by atomic mass is 19.4. The molecule has 3 nitrogen and oxygen atoms in total. The third-order valence-electron chi connectivity index (χ3n) is 2.29. The maximum absolute atomic E-state index is 13.5. The Bertz CT molecular complexity index is 533. The highest BCUT2D eigenvalue weighted by molar-refractivity contribution is 5.74. The molecule has 1 unspecified atom stereocenters. The molecule has 0 aliphatic carbocycles. The summed E-state index contributed by atoms with van der Waals surface area (Å²) in [5.41, 5.74) is -6.37. The topological polar surface area (TPSA) is 57.5 Å². The van der Waals surface area contributed by atoms with Gasteiger partial charge < -0.3 is 10.2 Å². The maximum Gasteiger partial charge on any atom is 0.419 e. The molecular weight excluding hydrogens is 301 g/mol. The molecule has 0 saturated heterocycles. The SMILES string of the molecule is O=C(O)C(O)c1ccc(C(F)(F)F)c(C(F)(F)F)c1F. The van der Waals surface area contributed by atoms with Crippen molar-refractivity contribution in [1.29, 1.82) is 0 Å². The van der Waals surface area contributed by atoms with E-state index in [-0.39, 0.29) is 12.1 Å². The largest absolute Gasteiger partial charge is 0.479 e. The predicted molar refractivity (Wildman–Crippen MR) is 49.0 cm³/mol. The molecule has 20 heavy (non-hydrogen) atoms. The van der Waals surface area contributed by atoms with Crippen molar-refractivity contribution < 1.29 is 45.7 Å². The average Bonchev–Trinajstić information content (AvgIpc) is 2.24. The predicted octanol–water partition coefficient (Wildman–Crippen LogP) is 2.98. The number of alkyl halides is 6. The molecule has 0 saturated carbocycles. The van der Waals surface area contributed by atoms with Crippen LogP contribution in [0.15, 0.2) is 12.1 Å². The Balaban J connectivity index is 3.65. The van der Waals surface area contributed by atoms with Crippen molar-refractivity contribution in [2.45, 2.75) is 18.5 Å². The van der Waals surface area contributed by atoms with Crippen LogP contribution in [0.4, 0.5) is 30.7 Å². The molecule has 0 radical (unpaired) electrons. The van der Waals surface area contributed by atoms with Crippen LogP contribution < -0.4 is 0 Å². The van der Waals surface area contributed by atoms with E-state index in [4.69, 9.17) is 10.2 Å². The Morgan fingerprint density at radius 1 is 1.05 bits per heavy atom. The standard InChI is InChI=1S/C10H5F7O3/c11-6-3(7(18)8(19)20)1-2-4(9(12,13)14)5(6)10(15,16)17/h1-2,7,18H,(H,19,20). The molecule has 1 aromatic carbocycles. The van der Waals surface area contributed by atoms with E-state index in [0.717, 1.165) is 0 Å². The quantitative estimate of drug-likeness (QED) is 0.826. The molecule has 112 valence electrons. The normalized spacial score (nSPS) is 14.2. The number of hydrogen-bond acceptors (Lipinski definition) is 2. The van der Waals surface area contributed by atoms with Crippen molar-refractivity contribution in [3.8, 4) is 0 Å². The van der Waals surface area contributed by atoms with Crippen LogP contribution in [0.5, 0.6) is 0 Å². The molecule has 0 fully saturated rings. The first-order valence-electron chi connectivity index (χ1n) is 4.75. The maximum atomic E-state index is 13.5. The number of benzene rings is 1. The minimum absolute atomic E-state index is 0.132. The highest BCUT2D eigenvalue weighted by Gasteiger charge is 2.46. The summed E-state index contributed by atoms with van der Waals surface area (Å²) in [5, 5.41) is 17.3. The van der Waals surface area contributed by atoms with E-state index < -0.39 is 46.9 Å². The number of aliphatic hydroxyl groups excluding tert-OH is 1. The molecule has 1 rings (SSSR count). The summed E-state index contributed by atoms with van der Waals surface area (Å²) in [7, 11) is 0. The summed E-state index contributed by atoms with van der Waals surface area (Å²) in [4.78, 5) is 10.4. The van der Waals surface area contributed by atoms with Crippen LogP contribution in [0, 0.1) is 5.82 Å². The second-order valence-corrected chi connectivity index (χ2v) is 3.63. The minimum atomic E-state index is -5.71. The fourth-order valence-corrected chi connectivity index (χ4v) is 1.45. The number of rotatable bonds is 2. The summed E-state index contributed by atoms with van der Waals surface area (Å²) < 4.78 is 88.3. The first kappa shape index (κ1) is 16.2. The third-order valence-corrected chi connectivity index (χ3v) is 2.29. The van der Waals surface area contributed by atoms with E-state index in [2.05, 4.69) is 0 Å². The average molecular weight is 306 g/mol. The lowest BCUT2D eigenvalue weighted by atomic mass is 9.99. The molecule has 0 bridgehead atoms. The van der Waals surface area contributed by atoms with Gasteiger partial charge in [0.05, 0.1) is 5.56 Å². The molecule has 10 heteroatoms. The van der Waals surface area contributed by atoms with Gasteiger partial charge in [-0.25, -0.2) is 9.18 Å². The van der Waals surface area contributed by atoms with Gasteiger partial charge >= 0.3 is 18.3 Å². The zero-order valence-electron chi connectivity index (χ0n) is 9.18. The second kappa shape index (κ2) is 4.93. The summed E-state index contributed by atoms with van der Waals surface area (Å²) in [6.07, 6.45) is -13.9. The zero-order chi connectivity index (χ0) is 15.9. The molecular formula is C10H5F7O3. The van der Waals surface area contributed by atoms with E-state index in [9.17, 15) is 35.5 Å². The molecule has 2 N–H and O–H groups in total. The van der Waals surface area contributed by atoms with Crippen LogP contribution in [0.3, 0.4) is 0 Å². The van der Waals surface area contributed by atoms with Crippen molar-refractivity contribution >= 4 is 5.97 Å². The Morgan fingerprint density at radius 3 is 1.90 bits per heavy atom. The Hall–Kier alpha value is -1.84. The van der Waals surface area contributed by atoms with E-state index >= 15 is 0 Å². The first-order chi connectivity index (χ1) is 8.87. The number of halogens is 7. The fraction of sp³-hybridized carbons (Fsp3) is 0.300. The Morgan fingerprint density at radius 2 is 1.55 bits per heavy atom. The van der Waals surface area contributed by atoms with Crippen LogP contribution in [-0.4, -0.2) is 16.2 Å². The summed E-state index contributed by atoms with van der Waals surface area (Å²) in [6, 6.07) is 0.0135. The van der Waals surface area contributed by atoms with Gasteiger partial charge in [0.2, 0.25) is 0 Å². The van der Waals surface area contributed by atoms with Crippen LogP contribution in [0.2, 0.25) is 0 Å². The molecule has 0 aliphatic rings. The molecule has 0 aliphatic heterocycles. The number of carboxylic acid groups (broad SMARTS) is 1. The lowest BCUT2D eigenvalue weighted by Crippen LogP contribution is -2.22. The Labute approximate surface area is 106 Å². The van der Waals surface area contributed by atoms with Gasteiger partial charge in [0, 0.05) is 5.56 Å². The number of aliphatic hydroxyl groups is 1. The molecule has 0 aromatic heterocycles. The Kier molecular flexibility index (Phi) is 3.99. The van der Waals surface area contributed by atoms with Gasteiger partial charge in [-0.15, -0.1) is 0 Å². The molecule has 0 spiro atoms. The van der Waals surface area contributed by atoms with Crippen molar-refractivity contribution in [2.24, 2.45) is 0 Å². The van der Waals surface area contributed by atoms with Crippen LogP contribution >= 0.6 is 0 Å². The van der Waals surface area contributed by atoms with Crippen LogP contribution in [0.1, 0.15) is 22.8 Å². The van der Waals surface area contributed by atoms with E-state index in [0.29, 0.717) is 0 Å². The van der Waals surface area contributed by atoms with Gasteiger partial charge in [0.15, 0.2) is 6.10 Å². The van der Waals surface area contributed by atoms with Crippen molar-refractivity contribution in [1.82, 2.24) is 0 Å². The fourth-order valence-electron chi connectivity index (χ4n) is 1.45. The molecule has 1 atom stereocenters. The lowest BCUT2D eigenvalue weighted by Gasteiger charge is -2.18. The first-order valence-corrected chi connectivity index (χ1v) is 4.75. The number of carbonyl (C=O) groups is 1. The summed E-state index contributed by atoms with van der Waals surface area (Å²) >= 11 is 0. The third kappa shape index (κ3) is 3.00. The lowest BCUT2D eigenvalue weighted by molar-refractivity contribution is -0.164. The van der Waals surface area contributed by atoms with E-state index in [1.165, 1.54) is 0 Å². The van der Waals surface area contributed by atoms with E-state index in [1.807, 2.05) is 0 Å². The second-order valence-electron chi connectivity index (χ2n) is 3.63.